The van der Waals surface area contributed by atoms with Crippen LogP contribution >= 0.6 is 15.9 Å². The van der Waals surface area contributed by atoms with E-state index in [1.807, 2.05) is 0 Å². The monoisotopic (exact) mass is 267 g/mol. The van der Waals surface area contributed by atoms with Gasteiger partial charge in [-0.05, 0) is 12.1 Å². The molecule has 0 aliphatic carbocycles. The second-order valence-corrected chi connectivity index (χ2v) is 3.87. The van der Waals surface area contributed by atoms with E-state index in [0.29, 0.717) is 15.7 Å². The Balaban J connectivity index is 2.63. The van der Waals surface area contributed by atoms with Gasteiger partial charge in [0.05, 0.1) is 11.3 Å². The third-order valence-corrected chi connectivity index (χ3v) is 2.70. The molecule has 0 fully saturated rings. The summed E-state index contributed by atoms with van der Waals surface area (Å²) in [4.78, 5) is 22.0. The van der Waals surface area contributed by atoms with Crippen LogP contribution in [-0.4, -0.2) is 17.0 Å². The van der Waals surface area contributed by atoms with E-state index in [4.69, 9.17) is 5.11 Å². The van der Waals surface area contributed by atoms with Crippen LogP contribution in [0, 0.1) is 0 Å². The fourth-order valence-electron chi connectivity index (χ4n) is 1.47. The van der Waals surface area contributed by atoms with Gasteiger partial charge in [0, 0.05) is 16.1 Å². The predicted octanol–water partition coefficient (Wildman–Crippen LogP) is 1.87. The van der Waals surface area contributed by atoms with Crippen molar-refractivity contribution in [2.24, 2.45) is 0 Å². The van der Waals surface area contributed by atoms with Crippen molar-refractivity contribution in [1.82, 2.24) is 0 Å². The van der Waals surface area contributed by atoms with Gasteiger partial charge < -0.3 is 10.4 Å². The standard InChI is InChI=1S/C10H6BrNO3/c11-6-2-1-3-7-9(6)5(4-8(13)14)10(15)12-7/h1-4H,(H,12,15)(H,13,14)/b5-4-. The van der Waals surface area contributed by atoms with Crippen LogP contribution in [0.25, 0.3) is 5.57 Å². The molecule has 0 radical (unpaired) electrons. The second-order valence-electron chi connectivity index (χ2n) is 3.01. The number of benzene rings is 1. The molecule has 1 aliphatic heterocycles. The molecule has 1 aromatic rings. The van der Waals surface area contributed by atoms with Gasteiger partial charge in [-0.1, -0.05) is 22.0 Å². The van der Waals surface area contributed by atoms with Gasteiger partial charge in [-0.2, -0.15) is 0 Å². The highest BCUT2D eigenvalue weighted by Gasteiger charge is 2.26. The molecule has 0 spiro atoms. The Morgan fingerprint density at radius 3 is 2.87 bits per heavy atom. The van der Waals surface area contributed by atoms with Gasteiger partial charge >= 0.3 is 5.97 Å². The molecule has 1 aliphatic rings. The third-order valence-electron chi connectivity index (χ3n) is 2.04. The van der Waals surface area contributed by atoms with Crippen LogP contribution in [0.5, 0.6) is 0 Å². The lowest BCUT2D eigenvalue weighted by Gasteiger charge is -1.99. The van der Waals surface area contributed by atoms with Crippen molar-refractivity contribution in [3.8, 4) is 0 Å². The van der Waals surface area contributed by atoms with E-state index in [1.165, 1.54) is 0 Å². The largest absolute Gasteiger partial charge is 0.478 e. The molecule has 0 saturated carbocycles. The Kier molecular flexibility index (Phi) is 2.32. The molecule has 4 nitrogen and oxygen atoms in total. The number of carbonyl (C=O) groups excluding carboxylic acids is 1. The van der Waals surface area contributed by atoms with Gasteiger partial charge in [-0.25, -0.2) is 4.79 Å². The van der Waals surface area contributed by atoms with Crippen LogP contribution in [0.1, 0.15) is 5.56 Å². The number of carbonyl (C=O) groups is 2. The van der Waals surface area contributed by atoms with Crippen molar-refractivity contribution < 1.29 is 14.7 Å². The first-order valence-electron chi connectivity index (χ1n) is 4.14. The van der Waals surface area contributed by atoms with E-state index in [2.05, 4.69) is 21.2 Å². The Morgan fingerprint density at radius 1 is 1.47 bits per heavy atom. The topological polar surface area (TPSA) is 66.4 Å². The molecule has 2 N–H and O–H groups in total. The smallest absolute Gasteiger partial charge is 0.329 e. The number of fused-ring (bicyclic) bond motifs is 1. The highest BCUT2D eigenvalue weighted by atomic mass is 79.9. The second kappa shape index (κ2) is 3.51. The summed E-state index contributed by atoms with van der Waals surface area (Å²) in [6, 6.07) is 5.25. The summed E-state index contributed by atoms with van der Waals surface area (Å²) in [5.41, 5.74) is 1.40. The molecule has 15 heavy (non-hydrogen) atoms. The number of halogens is 1. The number of hydrogen-bond donors (Lipinski definition) is 2. The summed E-state index contributed by atoms with van der Waals surface area (Å²) < 4.78 is 0.700. The molecule has 2 rings (SSSR count). The third kappa shape index (κ3) is 1.66. The Labute approximate surface area is 93.7 Å². The van der Waals surface area contributed by atoms with Gasteiger partial charge in [-0.3, -0.25) is 4.79 Å². The van der Waals surface area contributed by atoms with Gasteiger partial charge in [0.25, 0.3) is 5.91 Å². The van der Waals surface area contributed by atoms with Crippen LogP contribution in [0.4, 0.5) is 5.69 Å². The van der Waals surface area contributed by atoms with E-state index in [9.17, 15) is 9.59 Å². The number of amides is 1. The van der Waals surface area contributed by atoms with Crippen molar-refractivity contribution >= 4 is 39.1 Å². The summed E-state index contributed by atoms with van der Waals surface area (Å²) in [5, 5.41) is 11.2. The quantitative estimate of drug-likeness (QED) is 0.764. The van der Waals surface area contributed by atoms with Crippen molar-refractivity contribution in [2.75, 3.05) is 5.32 Å². The molecule has 0 saturated heterocycles. The van der Waals surface area contributed by atoms with Crippen molar-refractivity contribution in [1.29, 1.82) is 0 Å². The molecule has 76 valence electrons. The molecule has 0 atom stereocenters. The number of nitrogens with one attached hydrogen (secondary N) is 1. The van der Waals surface area contributed by atoms with Gasteiger partial charge in [0.2, 0.25) is 0 Å². The molecule has 0 unspecified atom stereocenters. The van der Waals surface area contributed by atoms with E-state index in [-0.39, 0.29) is 11.5 Å². The number of anilines is 1. The maximum absolute atomic E-state index is 11.5. The summed E-state index contributed by atoms with van der Waals surface area (Å²) >= 11 is 3.28. The summed E-state index contributed by atoms with van der Waals surface area (Å²) in [6.45, 7) is 0. The number of hydrogen-bond acceptors (Lipinski definition) is 2. The summed E-state index contributed by atoms with van der Waals surface area (Å²) in [6.07, 6.45) is 0.909. The molecule has 0 bridgehead atoms. The van der Waals surface area contributed by atoms with E-state index in [1.54, 1.807) is 18.2 Å². The van der Waals surface area contributed by atoms with Gasteiger partial charge in [0.15, 0.2) is 0 Å². The Bertz CT molecular complexity index is 493. The van der Waals surface area contributed by atoms with Crippen molar-refractivity contribution in [3.05, 3.63) is 34.3 Å². The minimum atomic E-state index is -1.14. The molecule has 0 aromatic heterocycles. The molecular weight excluding hydrogens is 262 g/mol. The minimum absolute atomic E-state index is 0.171. The lowest BCUT2D eigenvalue weighted by atomic mass is 10.1. The molecule has 1 heterocycles. The van der Waals surface area contributed by atoms with Crippen molar-refractivity contribution in [2.45, 2.75) is 0 Å². The van der Waals surface area contributed by atoms with E-state index in [0.717, 1.165) is 6.08 Å². The highest BCUT2D eigenvalue weighted by molar-refractivity contribution is 9.10. The zero-order valence-electron chi connectivity index (χ0n) is 7.45. The average molecular weight is 268 g/mol. The maximum Gasteiger partial charge on any atom is 0.329 e. The van der Waals surface area contributed by atoms with Crippen LogP contribution in [0.2, 0.25) is 0 Å². The number of carboxylic acids is 1. The first-order chi connectivity index (χ1) is 7.09. The van der Waals surface area contributed by atoms with E-state index >= 15 is 0 Å². The minimum Gasteiger partial charge on any atom is -0.478 e. The molecule has 1 aromatic carbocycles. The Hall–Kier alpha value is -1.62. The van der Waals surface area contributed by atoms with Crippen LogP contribution in [-0.2, 0) is 9.59 Å². The SMILES string of the molecule is O=C(O)/C=C1\C(=O)Nc2cccc(Br)c21. The molecule has 5 heteroatoms. The zero-order chi connectivity index (χ0) is 11.0. The normalized spacial score (nSPS) is 16.3. The fourth-order valence-corrected chi connectivity index (χ4v) is 2.05. The average Bonchev–Trinajstić information content (AvgIpc) is 2.43. The van der Waals surface area contributed by atoms with Crippen LogP contribution < -0.4 is 5.32 Å². The molecular formula is C10H6BrNO3. The lowest BCUT2D eigenvalue weighted by molar-refractivity contribution is -0.131. The fraction of sp³-hybridized carbons (Fsp3) is 0. The summed E-state index contributed by atoms with van der Waals surface area (Å²) in [5.74, 6) is -1.52. The predicted molar refractivity (Wildman–Crippen MR) is 58.4 cm³/mol. The van der Waals surface area contributed by atoms with Crippen LogP contribution in [0.3, 0.4) is 0 Å². The number of aliphatic carboxylic acids is 1. The maximum atomic E-state index is 11.5. The zero-order valence-corrected chi connectivity index (χ0v) is 9.04. The van der Waals surface area contributed by atoms with E-state index < -0.39 is 5.97 Å². The lowest BCUT2D eigenvalue weighted by Crippen LogP contribution is -2.05. The van der Waals surface area contributed by atoms with Gasteiger partial charge in [0.1, 0.15) is 0 Å². The van der Waals surface area contributed by atoms with Gasteiger partial charge in [-0.15, -0.1) is 0 Å². The number of rotatable bonds is 1. The summed E-state index contributed by atoms with van der Waals surface area (Å²) in [7, 11) is 0. The molecule has 1 amide bonds. The van der Waals surface area contributed by atoms with Crippen LogP contribution in [0.15, 0.2) is 28.7 Å². The first kappa shape index (κ1) is 9.92. The Morgan fingerprint density at radius 2 is 2.20 bits per heavy atom. The number of carboxylic acid groups (broad SMARTS) is 1. The van der Waals surface area contributed by atoms with Crippen molar-refractivity contribution in [3.63, 3.8) is 0 Å². The highest BCUT2D eigenvalue weighted by Crippen LogP contribution is 2.36. The first-order valence-corrected chi connectivity index (χ1v) is 4.94.